The SMILES string of the molecule is CCCCC[C@H](/C=C/C=C\CCCCCCCC(=O)OC)OC(C)=O. The quantitative estimate of drug-likeness (QED) is 0.221. The molecule has 0 radical (unpaired) electrons. The molecule has 25 heavy (non-hydrogen) atoms. The second kappa shape index (κ2) is 17.2. The molecule has 0 saturated carbocycles. The van der Waals surface area contributed by atoms with Crippen LogP contribution in [0, 0.1) is 0 Å². The normalized spacial score (nSPS) is 12.6. The van der Waals surface area contributed by atoms with Gasteiger partial charge in [0, 0.05) is 13.3 Å². The zero-order chi connectivity index (χ0) is 18.8. The van der Waals surface area contributed by atoms with Gasteiger partial charge in [0.25, 0.3) is 0 Å². The van der Waals surface area contributed by atoms with Crippen LogP contribution in [0.4, 0.5) is 0 Å². The van der Waals surface area contributed by atoms with Gasteiger partial charge in [0.2, 0.25) is 0 Å². The van der Waals surface area contributed by atoms with E-state index in [4.69, 9.17) is 4.74 Å². The Hall–Kier alpha value is -1.58. The molecule has 0 aromatic heterocycles. The lowest BCUT2D eigenvalue weighted by Crippen LogP contribution is -2.13. The highest BCUT2D eigenvalue weighted by molar-refractivity contribution is 5.69. The van der Waals surface area contributed by atoms with Gasteiger partial charge in [-0.15, -0.1) is 0 Å². The molecule has 0 aromatic carbocycles. The first-order valence-electron chi connectivity index (χ1n) is 9.67. The molecule has 0 N–H and O–H groups in total. The molecule has 0 heterocycles. The fourth-order valence-electron chi connectivity index (χ4n) is 2.53. The van der Waals surface area contributed by atoms with Gasteiger partial charge in [-0.2, -0.15) is 0 Å². The third-order valence-electron chi connectivity index (χ3n) is 3.96. The lowest BCUT2D eigenvalue weighted by Gasteiger charge is -2.12. The van der Waals surface area contributed by atoms with Gasteiger partial charge >= 0.3 is 11.9 Å². The van der Waals surface area contributed by atoms with E-state index in [2.05, 4.69) is 17.7 Å². The minimum atomic E-state index is -0.220. The van der Waals surface area contributed by atoms with Gasteiger partial charge < -0.3 is 9.47 Å². The zero-order valence-corrected chi connectivity index (χ0v) is 16.3. The van der Waals surface area contributed by atoms with Crippen LogP contribution in [0.25, 0.3) is 0 Å². The van der Waals surface area contributed by atoms with Crippen LogP contribution in [-0.4, -0.2) is 25.2 Å². The molecule has 4 heteroatoms. The maximum absolute atomic E-state index is 11.1. The number of allylic oxidation sites excluding steroid dienone is 3. The number of carbonyl (C=O) groups excluding carboxylic acids is 2. The van der Waals surface area contributed by atoms with Gasteiger partial charge in [-0.1, -0.05) is 57.3 Å². The monoisotopic (exact) mass is 352 g/mol. The Labute approximate surface area is 153 Å². The molecule has 0 fully saturated rings. The Bertz CT molecular complexity index is 399. The van der Waals surface area contributed by atoms with Crippen molar-refractivity contribution in [3.05, 3.63) is 24.3 Å². The van der Waals surface area contributed by atoms with E-state index in [-0.39, 0.29) is 18.0 Å². The van der Waals surface area contributed by atoms with Gasteiger partial charge in [0.1, 0.15) is 6.10 Å². The molecule has 1 atom stereocenters. The maximum atomic E-state index is 11.1. The summed E-state index contributed by atoms with van der Waals surface area (Å²) in [6.07, 6.45) is 19.4. The van der Waals surface area contributed by atoms with Gasteiger partial charge in [0.15, 0.2) is 0 Å². The molecule has 0 spiro atoms. The summed E-state index contributed by atoms with van der Waals surface area (Å²) < 4.78 is 9.93. The highest BCUT2D eigenvalue weighted by Crippen LogP contribution is 2.10. The molecule has 0 aliphatic heterocycles. The van der Waals surface area contributed by atoms with Crippen molar-refractivity contribution in [2.45, 2.75) is 90.6 Å². The van der Waals surface area contributed by atoms with Crippen molar-refractivity contribution in [2.24, 2.45) is 0 Å². The standard InChI is InChI=1S/C21H36O4/c1-4-5-13-16-20(25-19(2)22)17-14-11-9-7-6-8-10-12-15-18-21(23)24-3/h9,11,14,17,20H,4-8,10,12-13,15-16,18H2,1-3H3/b11-9-,17-14+/t20-/m1/s1. The smallest absolute Gasteiger partial charge is 0.305 e. The van der Waals surface area contributed by atoms with Crippen LogP contribution in [0.5, 0.6) is 0 Å². The lowest BCUT2D eigenvalue weighted by molar-refractivity contribution is -0.144. The number of hydrogen-bond acceptors (Lipinski definition) is 4. The molecule has 0 rings (SSSR count). The van der Waals surface area contributed by atoms with Crippen LogP contribution < -0.4 is 0 Å². The van der Waals surface area contributed by atoms with Crippen LogP contribution in [0.3, 0.4) is 0 Å². The summed E-state index contributed by atoms with van der Waals surface area (Å²) in [6.45, 7) is 3.63. The minimum Gasteiger partial charge on any atom is -0.469 e. The van der Waals surface area contributed by atoms with E-state index in [0.717, 1.165) is 44.9 Å². The number of ether oxygens (including phenoxy) is 2. The van der Waals surface area contributed by atoms with Crippen molar-refractivity contribution in [1.82, 2.24) is 0 Å². The predicted molar refractivity (Wildman–Crippen MR) is 102 cm³/mol. The topological polar surface area (TPSA) is 52.6 Å². The molecule has 144 valence electrons. The predicted octanol–water partition coefficient (Wildman–Crippen LogP) is 5.51. The molecule has 0 saturated heterocycles. The number of esters is 2. The summed E-state index contributed by atoms with van der Waals surface area (Å²) in [6, 6.07) is 0. The Morgan fingerprint density at radius 3 is 2.36 bits per heavy atom. The number of methoxy groups -OCH3 is 1. The molecule has 0 aliphatic rings. The molecular weight excluding hydrogens is 316 g/mol. The highest BCUT2D eigenvalue weighted by atomic mass is 16.5. The molecule has 4 nitrogen and oxygen atoms in total. The van der Waals surface area contributed by atoms with E-state index < -0.39 is 0 Å². The number of carbonyl (C=O) groups is 2. The largest absolute Gasteiger partial charge is 0.469 e. The third kappa shape index (κ3) is 17.0. The van der Waals surface area contributed by atoms with E-state index >= 15 is 0 Å². The van der Waals surface area contributed by atoms with Gasteiger partial charge in [-0.25, -0.2) is 0 Å². The van der Waals surface area contributed by atoms with Crippen molar-refractivity contribution in [3.8, 4) is 0 Å². The van der Waals surface area contributed by atoms with Crippen LogP contribution >= 0.6 is 0 Å². The maximum Gasteiger partial charge on any atom is 0.305 e. The van der Waals surface area contributed by atoms with E-state index in [9.17, 15) is 9.59 Å². The molecule has 0 bridgehead atoms. The fourth-order valence-corrected chi connectivity index (χ4v) is 2.53. The second-order valence-corrected chi connectivity index (χ2v) is 6.34. The van der Waals surface area contributed by atoms with Crippen LogP contribution in [0.15, 0.2) is 24.3 Å². The van der Waals surface area contributed by atoms with Crippen LogP contribution in [-0.2, 0) is 19.1 Å². The first kappa shape index (κ1) is 23.4. The Morgan fingerprint density at radius 2 is 1.68 bits per heavy atom. The lowest BCUT2D eigenvalue weighted by atomic mass is 10.1. The van der Waals surface area contributed by atoms with Gasteiger partial charge in [-0.05, 0) is 38.2 Å². The second-order valence-electron chi connectivity index (χ2n) is 6.34. The van der Waals surface area contributed by atoms with E-state index in [0.29, 0.717) is 6.42 Å². The average Bonchev–Trinajstić information content (AvgIpc) is 2.58. The summed E-state index contributed by atoms with van der Waals surface area (Å²) in [5.74, 6) is -0.334. The summed E-state index contributed by atoms with van der Waals surface area (Å²) >= 11 is 0. The van der Waals surface area contributed by atoms with Crippen LogP contribution in [0.1, 0.15) is 84.5 Å². The third-order valence-corrected chi connectivity index (χ3v) is 3.96. The van der Waals surface area contributed by atoms with Crippen molar-refractivity contribution in [3.63, 3.8) is 0 Å². The van der Waals surface area contributed by atoms with Crippen molar-refractivity contribution in [2.75, 3.05) is 7.11 Å². The van der Waals surface area contributed by atoms with E-state index in [1.807, 2.05) is 18.2 Å². The first-order chi connectivity index (χ1) is 12.1. The Morgan fingerprint density at radius 1 is 0.960 bits per heavy atom. The number of rotatable bonds is 15. The molecule has 0 amide bonds. The van der Waals surface area contributed by atoms with E-state index in [1.165, 1.54) is 33.3 Å². The number of unbranched alkanes of at least 4 members (excludes halogenated alkanes) is 7. The van der Waals surface area contributed by atoms with E-state index in [1.54, 1.807) is 0 Å². The molecule has 0 unspecified atom stereocenters. The minimum absolute atomic E-state index is 0.108. The molecule has 0 aliphatic carbocycles. The molecular formula is C21H36O4. The van der Waals surface area contributed by atoms with Crippen LogP contribution in [0.2, 0.25) is 0 Å². The summed E-state index contributed by atoms with van der Waals surface area (Å²) in [4.78, 5) is 22.1. The summed E-state index contributed by atoms with van der Waals surface area (Å²) in [5, 5.41) is 0. The highest BCUT2D eigenvalue weighted by Gasteiger charge is 2.06. The van der Waals surface area contributed by atoms with Crippen molar-refractivity contribution in [1.29, 1.82) is 0 Å². The average molecular weight is 353 g/mol. The van der Waals surface area contributed by atoms with Crippen molar-refractivity contribution >= 4 is 11.9 Å². The zero-order valence-electron chi connectivity index (χ0n) is 16.3. The molecule has 0 aromatic rings. The summed E-state index contributed by atoms with van der Waals surface area (Å²) in [5.41, 5.74) is 0. The van der Waals surface area contributed by atoms with Crippen molar-refractivity contribution < 1.29 is 19.1 Å². The Balaban J connectivity index is 3.75. The fraction of sp³-hybridized carbons (Fsp3) is 0.714. The number of hydrogen-bond donors (Lipinski definition) is 0. The van der Waals surface area contributed by atoms with Gasteiger partial charge in [0.05, 0.1) is 7.11 Å². The first-order valence-corrected chi connectivity index (χ1v) is 9.67. The summed E-state index contributed by atoms with van der Waals surface area (Å²) in [7, 11) is 1.43. The Kier molecular flexibility index (Phi) is 16.2. The van der Waals surface area contributed by atoms with Gasteiger partial charge in [-0.3, -0.25) is 9.59 Å².